The van der Waals surface area contributed by atoms with Crippen molar-refractivity contribution in [3.63, 3.8) is 0 Å². The van der Waals surface area contributed by atoms with Crippen LogP contribution in [0.4, 0.5) is 0 Å². The van der Waals surface area contributed by atoms with Gasteiger partial charge in [0.05, 0.1) is 0 Å². The minimum atomic E-state index is -0.0440. The lowest BCUT2D eigenvalue weighted by Crippen LogP contribution is -2.10. The SMILES string of the molecule is Cc1cc(Br)ccc1C(=O)c1nccn1C. The minimum Gasteiger partial charge on any atom is -0.331 e. The number of hydrogen-bond donors (Lipinski definition) is 0. The molecular weight excluding hydrogens is 268 g/mol. The summed E-state index contributed by atoms with van der Waals surface area (Å²) in [6.07, 6.45) is 3.39. The number of ketones is 1. The van der Waals surface area contributed by atoms with Gasteiger partial charge in [0, 0.05) is 29.5 Å². The fourth-order valence-electron chi connectivity index (χ4n) is 1.59. The number of aromatic nitrogens is 2. The maximum atomic E-state index is 12.2. The normalized spacial score (nSPS) is 10.4. The zero-order chi connectivity index (χ0) is 11.7. The third kappa shape index (κ3) is 1.93. The summed E-state index contributed by atoms with van der Waals surface area (Å²) in [6.45, 7) is 1.92. The van der Waals surface area contributed by atoms with Gasteiger partial charge in [0.2, 0.25) is 5.78 Å². The Labute approximate surface area is 102 Å². The molecule has 0 fully saturated rings. The Balaban J connectivity index is 2.46. The predicted octanol–water partition coefficient (Wildman–Crippen LogP) is 2.72. The van der Waals surface area contributed by atoms with Crippen molar-refractivity contribution in [3.8, 4) is 0 Å². The molecule has 0 unspecified atom stereocenters. The number of benzene rings is 1. The standard InChI is InChI=1S/C12H11BrN2O/c1-8-7-9(13)3-4-10(8)11(16)12-14-5-6-15(12)2/h3-7H,1-2H3. The van der Waals surface area contributed by atoms with E-state index in [1.807, 2.05) is 32.2 Å². The highest BCUT2D eigenvalue weighted by atomic mass is 79.9. The summed E-state index contributed by atoms with van der Waals surface area (Å²) >= 11 is 3.38. The van der Waals surface area contributed by atoms with E-state index in [9.17, 15) is 4.79 Å². The lowest BCUT2D eigenvalue weighted by molar-refractivity contribution is 0.102. The van der Waals surface area contributed by atoms with Gasteiger partial charge in [-0.15, -0.1) is 0 Å². The summed E-state index contributed by atoms with van der Waals surface area (Å²) in [5, 5.41) is 0. The Morgan fingerprint density at radius 1 is 1.44 bits per heavy atom. The minimum absolute atomic E-state index is 0.0440. The highest BCUT2D eigenvalue weighted by molar-refractivity contribution is 9.10. The third-order valence-electron chi connectivity index (χ3n) is 2.46. The fourth-order valence-corrected chi connectivity index (χ4v) is 2.06. The number of carbonyl (C=O) groups excluding carboxylic acids is 1. The molecule has 1 aromatic carbocycles. The van der Waals surface area contributed by atoms with E-state index in [2.05, 4.69) is 20.9 Å². The maximum absolute atomic E-state index is 12.2. The van der Waals surface area contributed by atoms with E-state index in [-0.39, 0.29) is 5.78 Å². The Morgan fingerprint density at radius 2 is 2.19 bits per heavy atom. The van der Waals surface area contributed by atoms with Crippen LogP contribution in [0.15, 0.2) is 35.1 Å². The van der Waals surface area contributed by atoms with E-state index >= 15 is 0 Å². The first-order valence-corrected chi connectivity index (χ1v) is 5.67. The van der Waals surface area contributed by atoms with Crippen LogP contribution in [-0.4, -0.2) is 15.3 Å². The van der Waals surface area contributed by atoms with Gasteiger partial charge in [-0.1, -0.05) is 15.9 Å². The van der Waals surface area contributed by atoms with Crippen LogP contribution >= 0.6 is 15.9 Å². The molecule has 0 aliphatic carbocycles. The van der Waals surface area contributed by atoms with E-state index in [4.69, 9.17) is 0 Å². The van der Waals surface area contributed by atoms with Crippen molar-refractivity contribution in [2.24, 2.45) is 7.05 Å². The van der Waals surface area contributed by atoms with Crippen LogP contribution < -0.4 is 0 Å². The Kier molecular flexibility index (Phi) is 2.92. The lowest BCUT2D eigenvalue weighted by Gasteiger charge is -2.05. The van der Waals surface area contributed by atoms with Crippen LogP contribution in [0.25, 0.3) is 0 Å². The number of halogens is 1. The Bertz CT molecular complexity index is 546. The molecule has 2 rings (SSSR count). The molecule has 0 saturated carbocycles. The largest absolute Gasteiger partial charge is 0.331 e. The molecule has 0 amide bonds. The van der Waals surface area contributed by atoms with Gasteiger partial charge in [-0.3, -0.25) is 4.79 Å². The number of aryl methyl sites for hydroxylation is 2. The molecule has 0 saturated heterocycles. The molecule has 0 aliphatic heterocycles. The molecule has 0 spiro atoms. The third-order valence-corrected chi connectivity index (χ3v) is 2.95. The second kappa shape index (κ2) is 4.22. The summed E-state index contributed by atoms with van der Waals surface area (Å²) in [4.78, 5) is 16.2. The van der Waals surface area contributed by atoms with Gasteiger partial charge in [-0.25, -0.2) is 4.98 Å². The van der Waals surface area contributed by atoms with E-state index in [1.165, 1.54) is 0 Å². The van der Waals surface area contributed by atoms with E-state index in [0.29, 0.717) is 11.4 Å². The summed E-state index contributed by atoms with van der Waals surface area (Å²) < 4.78 is 2.70. The average molecular weight is 279 g/mol. The van der Waals surface area contributed by atoms with Gasteiger partial charge in [-0.2, -0.15) is 0 Å². The first-order chi connectivity index (χ1) is 7.59. The molecule has 0 radical (unpaired) electrons. The van der Waals surface area contributed by atoms with Gasteiger partial charge < -0.3 is 4.57 Å². The first kappa shape index (κ1) is 11.1. The van der Waals surface area contributed by atoms with E-state index in [1.54, 1.807) is 17.0 Å². The van der Waals surface area contributed by atoms with Crippen molar-refractivity contribution >= 4 is 21.7 Å². The maximum Gasteiger partial charge on any atom is 0.228 e. The monoisotopic (exact) mass is 278 g/mol. The number of rotatable bonds is 2. The van der Waals surface area contributed by atoms with Gasteiger partial charge in [0.1, 0.15) is 0 Å². The van der Waals surface area contributed by atoms with Crippen molar-refractivity contribution in [1.82, 2.24) is 9.55 Å². The van der Waals surface area contributed by atoms with Crippen molar-refractivity contribution < 1.29 is 4.79 Å². The van der Waals surface area contributed by atoms with Crippen LogP contribution in [0.2, 0.25) is 0 Å². The van der Waals surface area contributed by atoms with Crippen LogP contribution in [0.3, 0.4) is 0 Å². The number of carbonyl (C=O) groups is 1. The average Bonchev–Trinajstić information content (AvgIpc) is 2.63. The summed E-state index contributed by atoms with van der Waals surface area (Å²) in [7, 11) is 1.81. The second-order valence-electron chi connectivity index (χ2n) is 3.65. The summed E-state index contributed by atoms with van der Waals surface area (Å²) in [6, 6.07) is 5.61. The molecule has 0 aliphatic rings. The quantitative estimate of drug-likeness (QED) is 0.792. The second-order valence-corrected chi connectivity index (χ2v) is 4.57. The smallest absolute Gasteiger partial charge is 0.228 e. The van der Waals surface area contributed by atoms with Gasteiger partial charge >= 0.3 is 0 Å². The molecule has 82 valence electrons. The van der Waals surface area contributed by atoms with Crippen molar-refractivity contribution in [2.45, 2.75) is 6.92 Å². The van der Waals surface area contributed by atoms with Crippen molar-refractivity contribution in [1.29, 1.82) is 0 Å². The number of imidazole rings is 1. The molecule has 0 N–H and O–H groups in total. The molecule has 1 heterocycles. The Morgan fingerprint density at radius 3 is 2.75 bits per heavy atom. The molecule has 1 aromatic heterocycles. The summed E-state index contributed by atoms with van der Waals surface area (Å²) in [5.41, 5.74) is 1.64. The van der Waals surface area contributed by atoms with Crippen LogP contribution in [0.5, 0.6) is 0 Å². The van der Waals surface area contributed by atoms with Crippen LogP contribution in [0.1, 0.15) is 21.7 Å². The first-order valence-electron chi connectivity index (χ1n) is 4.88. The molecular formula is C12H11BrN2O. The lowest BCUT2D eigenvalue weighted by atomic mass is 10.0. The predicted molar refractivity (Wildman–Crippen MR) is 65.5 cm³/mol. The highest BCUT2D eigenvalue weighted by Crippen LogP contribution is 2.18. The molecule has 0 bridgehead atoms. The van der Waals surface area contributed by atoms with E-state index in [0.717, 1.165) is 10.0 Å². The molecule has 0 atom stereocenters. The molecule has 3 nitrogen and oxygen atoms in total. The van der Waals surface area contributed by atoms with Gasteiger partial charge in [-0.05, 0) is 30.7 Å². The van der Waals surface area contributed by atoms with Crippen molar-refractivity contribution in [3.05, 3.63) is 52.0 Å². The van der Waals surface area contributed by atoms with Gasteiger partial charge in [0.15, 0.2) is 5.82 Å². The highest BCUT2D eigenvalue weighted by Gasteiger charge is 2.15. The number of hydrogen-bond acceptors (Lipinski definition) is 2. The molecule has 16 heavy (non-hydrogen) atoms. The molecule has 2 aromatic rings. The fraction of sp³-hybridized carbons (Fsp3) is 0.167. The zero-order valence-electron chi connectivity index (χ0n) is 9.07. The van der Waals surface area contributed by atoms with Crippen LogP contribution in [-0.2, 0) is 7.05 Å². The van der Waals surface area contributed by atoms with Crippen molar-refractivity contribution in [2.75, 3.05) is 0 Å². The topological polar surface area (TPSA) is 34.9 Å². The summed E-state index contributed by atoms with van der Waals surface area (Å²) in [5.74, 6) is 0.419. The zero-order valence-corrected chi connectivity index (χ0v) is 10.7. The number of nitrogens with zero attached hydrogens (tertiary/aromatic N) is 2. The van der Waals surface area contributed by atoms with Crippen LogP contribution in [0, 0.1) is 6.92 Å². The Hall–Kier alpha value is -1.42. The molecule has 4 heteroatoms. The van der Waals surface area contributed by atoms with Gasteiger partial charge in [0.25, 0.3) is 0 Å². The van der Waals surface area contributed by atoms with E-state index < -0.39 is 0 Å².